The van der Waals surface area contributed by atoms with E-state index in [1.165, 1.54) is 4.90 Å². The van der Waals surface area contributed by atoms with Crippen LogP contribution in [0, 0.1) is 0 Å². The Hall–Kier alpha value is -2.61. The monoisotopic (exact) mass is 435 g/mol. The van der Waals surface area contributed by atoms with E-state index in [9.17, 15) is 14.4 Å². The van der Waals surface area contributed by atoms with Crippen molar-refractivity contribution in [2.24, 2.45) is 0 Å². The van der Waals surface area contributed by atoms with Crippen molar-refractivity contribution in [3.05, 3.63) is 69.7 Å². The number of hydrogen-bond donors (Lipinski definition) is 2. The molecular formula is C20H19Cl2N3O4. The summed E-state index contributed by atoms with van der Waals surface area (Å²) in [6.07, 6.45) is -0.647. The zero-order chi connectivity index (χ0) is 20.8. The molecule has 0 saturated carbocycles. The molecule has 1 saturated heterocycles. The molecule has 2 aromatic rings. The zero-order valence-electron chi connectivity index (χ0n) is 15.4. The highest BCUT2D eigenvalue weighted by Crippen LogP contribution is 2.16. The van der Waals surface area contributed by atoms with E-state index in [1.807, 2.05) is 0 Å². The quantitative estimate of drug-likeness (QED) is 0.704. The van der Waals surface area contributed by atoms with E-state index in [4.69, 9.17) is 27.9 Å². The fraction of sp³-hybridized carbons (Fsp3) is 0.250. The first kappa shape index (κ1) is 21.1. The van der Waals surface area contributed by atoms with Crippen molar-refractivity contribution in [2.75, 3.05) is 19.7 Å². The highest BCUT2D eigenvalue weighted by molar-refractivity contribution is 6.35. The Morgan fingerprint density at radius 2 is 1.52 bits per heavy atom. The zero-order valence-corrected chi connectivity index (χ0v) is 16.9. The van der Waals surface area contributed by atoms with Gasteiger partial charge >= 0.3 is 11.8 Å². The first-order chi connectivity index (χ1) is 13.9. The number of nitrogens with one attached hydrogen (secondary N) is 2. The van der Waals surface area contributed by atoms with Gasteiger partial charge in [-0.15, -0.1) is 0 Å². The Bertz CT molecular complexity index is 888. The van der Waals surface area contributed by atoms with Gasteiger partial charge in [0.25, 0.3) is 5.91 Å². The molecule has 1 atom stereocenters. The smallest absolute Gasteiger partial charge is 0.309 e. The number of carbonyl (C=O) groups is 3. The number of carbonyl (C=O) groups excluding carboxylic acids is 3. The summed E-state index contributed by atoms with van der Waals surface area (Å²) in [6.45, 7) is 0.949. The molecule has 1 fully saturated rings. The van der Waals surface area contributed by atoms with E-state index in [2.05, 4.69) is 10.6 Å². The Labute approximate surface area is 177 Å². The third-order valence-electron chi connectivity index (χ3n) is 4.35. The molecule has 0 bridgehead atoms. The predicted octanol–water partition coefficient (Wildman–Crippen LogP) is 2.22. The molecular weight excluding hydrogens is 417 g/mol. The van der Waals surface area contributed by atoms with Crippen molar-refractivity contribution < 1.29 is 19.1 Å². The summed E-state index contributed by atoms with van der Waals surface area (Å²) in [6, 6.07) is 13.4. The largest absolute Gasteiger partial charge is 0.355 e. The molecule has 0 unspecified atom stereocenters. The molecule has 2 aromatic carbocycles. The molecule has 1 heterocycles. The number of nitrogens with zero attached hydrogens (tertiary/aromatic N) is 1. The molecule has 0 spiro atoms. The second kappa shape index (κ2) is 9.73. The lowest BCUT2D eigenvalue weighted by atomic mass is 10.2. The number of amides is 3. The van der Waals surface area contributed by atoms with Gasteiger partial charge in [-0.1, -0.05) is 35.3 Å². The van der Waals surface area contributed by atoms with E-state index in [0.29, 0.717) is 28.8 Å². The first-order valence-electron chi connectivity index (χ1n) is 8.92. The Morgan fingerprint density at radius 1 is 0.931 bits per heavy atom. The maximum atomic E-state index is 12.6. The van der Waals surface area contributed by atoms with Gasteiger partial charge in [0.05, 0.1) is 13.2 Å². The van der Waals surface area contributed by atoms with Crippen LogP contribution in [0.5, 0.6) is 0 Å². The van der Waals surface area contributed by atoms with Gasteiger partial charge in [-0.25, -0.2) is 0 Å². The fourth-order valence-corrected chi connectivity index (χ4v) is 3.06. The van der Waals surface area contributed by atoms with Crippen LogP contribution in [-0.4, -0.2) is 48.5 Å². The van der Waals surface area contributed by atoms with Gasteiger partial charge in [-0.05, 0) is 42.0 Å². The fourth-order valence-electron chi connectivity index (χ4n) is 2.81. The van der Waals surface area contributed by atoms with Crippen molar-refractivity contribution in [2.45, 2.75) is 12.8 Å². The predicted molar refractivity (Wildman–Crippen MR) is 109 cm³/mol. The molecule has 3 amide bonds. The highest BCUT2D eigenvalue weighted by Gasteiger charge is 2.31. The van der Waals surface area contributed by atoms with Gasteiger partial charge < -0.3 is 20.3 Å². The maximum Gasteiger partial charge on any atom is 0.309 e. The van der Waals surface area contributed by atoms with Gasteiger partial charge in [0.1, 0.15) is 6.23 Å². The van der Waals surface area contributed by atoms with E-state index < -0.39 is 18.0 Å². The van der Waals surface area contributed by atoms with Crippen LogP contribution in [0.2, 0.25) is 10.0 Å². The van der Waals surface area contributed by atoms with Crippen LogP contribution >= 0.6 is 23.2 Å². The summed E-state index contributed by atoms with van der Waals surface area (Å²) in [7, 11) is 0. The van der Waals surface area contributed by atoms with E-state index in [-0.39, 0.29) is 19.0 Å². The van der Waals surface area contributed by atoms with Gasteiger partial charge in [0.2, 0.25) is 0 Å². The van der Waals surface area contributed by atoms with Crippen LogP contribution in [0.4, 0.5) is 0 Å². The third kappa shape index (κ3) is 5.69. The summed E-state index contributed by atoms with van der Waals surface area (Å²) in [5.74, 6) is -1.80. The SMILES string of the molecule is O=C(NCc1ccc(Cl)cc1)C(=O)NC[C@@H]1OCCN1C(=O)c1ccc(Cl)cc1. The second-order valence-corrected chi connectivity index (χ2v) is 7.22. The lowest BCUT2D eigenvalue weighted by molar-refractivity contribution is -0.139. The van der Waals surface area contributed by atoms with E-state index in [0.717, 1.165) is 5.56 Å². The summed E-state index contributed by atoms with van der Waals surface area (Å²) >= 11 is 11.7. The maximum absolute atomic E-state index is 12.6. The minimum Gasteiger partial charge on any atom is -0.355 e. The summed E-state index contributed by atoms with van der Waals surface area (Å²) in [5.41, 5.74) is 1.28. The highest BCUT2D eigenvalue weighted by atomic mass is 35.5. The lowest BCUT2D eigenvalue weighted by Gasteiger charge is -2.23. The van der Waals surface area contributed by atoms with E-state index >= 15 is 0 Å². The minimum absolute atomic E-state index is 0.00648. The number of rotatable bonds is 5. The minimum atomic E-state index is -0.798. The molecule has 1 aliphatic heterocycles. The average molecular weight is 436 g/mol. The number of halogens is 2. The molecule has 152 valence electrons. The van der Waals surface area contributed by atoms with Crippen LogP contribution in [-0.2, 0) is 20.9 Å². The van der Waals surface area contributed by atoms with Crippen molar-refractivity contribution in [3.63, 3.8) is 0 Å². The molecule has 1 aliphatic rings. The van der Waals surface area contributed by atoms with Crippen molar-refractivity contribution in [1.29, 1.82) is 0 Å². The number of ether oxygens (including phenoxy) is 1. The number of benzene rings is 2. The summed E-state index contributed by atoms with van der Waals surface area (Å²) < 4.78 is 5.52. The lowest BCUT2D eigenvalue weighted by Crippen LogP contribution is -2.47. The average Bonchev–Trinajstić information content (AvgIpc) is 3.20. The molecule has 0 aromatic heterocycles. The molecule has 7 nitrogen and oxygen atoms in total. The second-order valence-electron chi connectivity index (χ2n) is 6.35. The van der Waals surface area contributed by atoms with Gasteiger partial charge in [0, 0.05) is 28.7 Å². The van der Waals surface area contributed by atoms with Crippen LogP contribution < -0.4 is 10.6 Å². The Balaban J connectivity index is 1.49. The molecule has 29 heavy (non-hydrogen) atoms. The Kier molecular flexibility index (Phi) is 7.09. The topological polar surface area (TPSA) is 87.7 Å². The summed E-state index contributed by atoms with van der Waals surface area (Å²) in [4.78, 5) is 38.2. The van der Waals surface area contributed by atoms with Gasteiger partial charge in [-0.2, -0.15) is 0 Å². The van der Waals surface area contributed by atoms with Crippen LogP contribution in [0.15, 0.2) is 48.5 Å². The van der Waals surface area contributed by atoms with Gasteiger partial charge in [0.15, 0.2) is 0 Å². The molecule has 0 radical (unpaired) electrons. The van der Waals surface area contributed by atoms with Crippen molar-refractivity contribution in [3.8, 4) is 0 Å². The summed E-state index contributed by atoms with van der Waals surface area (Å²) in [5, 5.41) is 6.16. The molecule has 0 aliphatic carbocycles. The van der Waals surface area contributed by atoms with E-state index in [1.54, 1.807) is 48.5 Å². The normalized spacial score (nSPS) is 15.8. The molecule has 9 heteroatoms. The third-order valence-corrected chi connectivity index (χ3v) is 4.86. The van der Waals surface area contributed by atoms with Crippen LogP contribution in [0.25, 0.3) is 0 Å². The first-order valence-corrected chi connectivity index (χ1v) is 9.68. The Morgan fingerprint density at radius 3 is 2.17 bits per heavy atom. The van der Waals surface area contributed by atoms with Crippen LogP contribution in [0.3, 0.4) is 0 Å². The van der Waals surface area contributed by atoms with Crippen molar-refractivity contribution in [1.82, 2.24) is 15.5 Å². The standard InChI is InChI=1S/C20H19Cl2N3O4/c21-15-5-1-13(2-6-15)11-23-18(26)19(27)24-12-17-25(9-10-29-17)20(28)14-3-7-16(22)8-4-14/h1-8,17H,9-12H2,(H,23,26)(H,24,27)/t17-/m0/s1. The number of hydrogen-bond acceptors (Lipinski definition) is 4. The van der Waals surface area contributed by atoms with Gasteiger partial charge in [-0.3, -0.25) is 14.4 Å². The van der Waals surface area contributed by atoms with Crippen molar-refractivity contribution >= 4 is 40.9 Å². The molecule has 2 N–H and O–H groups in total. The molecule has 3 rings (SSSR count). The van der Waals surface area contributed by atoms with Crippen LogP contribution in [0.1, 0.15) is 15.9 Å².